The lowest BCUT2D eigenvalue weighted by atomic mass is 10.0. The summed E-state index contributed by atoms with van der Waals surface area (Å²) in [6, 6.07) is 15.0. The zero-order valence-electron chi connectivity index (χ0n) is 17.1. The lowest BCUT2D eigenvalue weighted by Crippen LogP contribution is -2.48. The number of aryl methyl sites for hydroxylation is 1. The number of benzene rings is 2. The zero-order valence-corrected chi connectivity index (χ0v) is 18.7. The summed E-state index contributed by atoms with van der Waals surface area (Å²) in [4.78, 5) is 13.7. The van der Waals surface area contributed by atoms with Crippen LogP contribution in [-0.2, 0) is 38.3 Å². The molecular formula is C22H27ClN2O4S. The molecule has 30 heavy (non-hydrogen) atoms. The molecular weight excluding hydrogens is 424 g/mol. The van der Waals surface area contributed by atoms with Crippen LogP contribution >= 0.6 is 11.6 Å². The standard InChI is InChI=1S/C22H27ClN2O4S/c1-29-22(26)10-8-19-7-9-21(23)15-20(19)16-24-11-13-25(14-12-24)30(27,28)17-18-5-3-2-4-6-18/h2-7,9,15H,8,10-14,16-17H2,1H3. The lowest BCUT2D eigenvalue weighted by Gasteiger charge is -2.34. The molecule has 0 aliphatic carbocycles. The largest absolute Gasteiger partial charge is 0.469 e. The molecule has 1 aliphatic rings. The van der Waals surface area contributed by atoms with Gasteiger partial charge in [0.25, 0.3) is 0 Å². The first-order valence-corrected chi connectivity index (χ1v) is 11.9. The van der Waals surface area contributed by atoms with Gasteiger partial charge in [-0.05, 0) is 35.2 Å². The molecule has 0 amide bonds. The van der Waals surface area contributed by atoms with Crippen molar-refractivity contribution in [1.29, 1.82) is 0 Å². The summed E-state index contributed by atoms with van der Waals surface area (Å²) in [6.07, 6.45) is 0.904. The second kappa shape index (κ2) is 10.4. The van der Waals surface area contributed by atoms with E-state index in [0.29, 0.717) is 50.6 Å². The van der Waals surface area contributed by atoms with Gasteiger partial charge in [-0.1, -0.05) is 48.0 Å². The van der Waals surface area contributed by atoms with Crippen molar-refractivity contribution in [3.8, 4) is 0 Å². The van der Waals surface area contributed by atoms with Crippen molar-refractivity contribution in [2.24, 2.45) is 0 Å². The van der Waals surface area contributed by atoms with Gasteiger partial charge in [0.15, 0.2) is 0 Å². The molecule has 162 valence electrons. The molecule has 6 nitrogen and oxygen atoms in total. The fourth-order valence-electron chi connectivity index (χ4n) is 3.61. The van der Waals surface area contributed by atoms with E-state index in [1.54, 1.807) is 4.31 Å². The van der Waals surface area contributed by atoms with Gasteiger partial charge in [0.1, 0.15) is 0 Å². The number of rotatable bonds is 8. The van der Waals surface area contributed by atoms with Crippen molar-refractivity contribution in [1.82, 2.24) is 9.21 Å². The molecule has 2 aromatic carbocycles. The summed E-state index contributed by atoms with van der Waals surface area (Å²) in [5.41, 5.74) is 2.92. The SMILES string of the molecule is COC(=O)CCc1ccc(Cl)cc1CN1CCN(S(=O)(=O)Cc2ccccc2)CC1. The van der Waals surface area contributed by atoms with Crippen LogP contribution in [0.3, 0.4) is 0 Å². The molecule has 2 aromatic rings. The van der Waals surface area contributed by atoms with Crippen LogP contribution in [0.15, 0.2) is 48.5 Å². The Kier molecular flexibility index (Phi) is 7.88. The van der Waals surface area contributed by atoms with Gasteiger partial charge in [-0.15, -0.1) is 0 Å². The summed E-state index contributed by atoms with van der Waals surface area (Å²) in [5, 5.41) is 0.649. The van der Waals surface area contributed by atoms with Gasteiger partial charge in [0, 0.05) is 44.2 Å². The van der Waals surface area contributed by atoms with Gasteiger partial charge in [-0.25, -0.2) is 8.42 Å². The molecule has 0 aromatic heterocycles. The van der Waals surface area contributed by atoms with Crippen molar-refractivity contribution in [2.45, 2.75) is 25.1 Å². The maximum Gasteiger partial charge on any atom is 0.305 e. The Morgan fingerprint density at radius 3 is 2.40 bits per heavy atom. The second-order valence-corrected chi connectivity index (χ2v) is 9.81. The molecule has 1 saturated heterocycles. The molecule has 1 heterocycles. The number of halogens is 1. The molecule has 8 heteroatoms. The third kappa shape index (κ3) is 6.28. The Bertz CT molecular complexity index is 958. The number of hydrogen-bond donors (Lipinski definition) is 0. The molecule has 0 atom stereocenters. The summed E-state index contributed by atoms with van der Waals surface area (Å²) in [6.45, 7) is 2.90. The Morgan fingerprint density at radius 1 is 1.03 bits per heavy atom. The average molecular weight is 451 g/mol. The maximum absolute atomic E-state index is 12.7. The first-order valence-electron chi connectivity index (χ1n) is 9.95. The third-order valence-electron chi connectivity index (χ3n) is 5.30. The maximum atomic E-state index is 12.7. The highest BCUT2D eigenvalue weighted by atomic mass is 35.5. The minimum absolute atomic E-state index is 0.0276. The number of nitrogens with zero attached hydrogens (tertiary/aromatic N) is 2. The van der Waals surface area contributed by atoms with Gasteiger partial charge in [-0.2, -0.15) is 4.31 Å². The minimum Gasteiger partial charge on any atom is -0.469 e. The highest BCUT2D eigenvalue weighted by molar-refractivity contribution is 7.88. The highest BCUT2D eigenvalue weighted by Gasteiger charge is 2.27. The highest BCUT2D eigenvalue weighted by Crippen LogP contribution is 2.21. The van der Waals surface area contributed by atoms with Crippen LogP contribution in [0.1, 0.15) is 23.1 Å². The molecule has 0 radical (unpaired) electrons. The van der Waals surface area contributed by atoms with E-state index < -0.39 is 10.0 Å². The fourth-order valence-corrected chi connectivity index (χ4v) is 5.32. The number of esters is 1. The Morgan fingerprint density at radius 2 is 1.73 bits per heavy atom. The number of carbonyl (C=O) groups excluding carboxylic acids is 1. The monoisotopic (exact) mass is 450 g/mol. The first-order chi connectivity index (χ1) is 14.4. The average Bonchev–Trinajstić information content (AvgIpc) is 2.74. The Balaban J connectivity index is 1.59. The van der Waals surface area contributed by atoms with Crippen LogP contribution in [0, 0.1) is 0 Å². The quantitative estimate of drug-likeness (QED) is 0.578. The van der Waals surface area contributed by atoms with Gasteiger partial charge in [-0.3, -0.25) is 9.69 Å². The lowest BCUT2D eigenvalue weighted by molar-refractivity contribution is -0.140. The first kappa shape index (κ1) is 22.7. The van der Waals surface area contributed by atoms with E-state index in [-0.39, 0.29) is 11.7 Å². The summed E-state index contributed by atoms with van der Waals surface area (Å²) >= 11 is 6.19. The predicted molar refractivity (Wildman–Crippen MR) is 118 cm³/mol. The Hall–Kier alpha value is -1.93. The summed E-state index contributed by atoms with van der Waals surface area (Å²) in [5.74, 6) is -0.215. The zero-order chi connectivity index (χ0) is 21.6. The van der Waals surface area contributed by atoms with E-state index in [9.17, 15) is 13.2 Å². The molecule has 1 aliphatic heterocycles. The van der Waals surface area contributed by atoms with Gasteiger partial charge in [0.2, 0.25) is 10.0 Å². The number of hydrogen-bond acceptors (Lipinski definition) is 5. The number of methoxy groups -OCH3 is 1. The van der Waals surface area contributed by atoms with E-state index in [4.69, 9.17) is 16.3 Å². The second-order valence-electron chi connectivity index (χ2n) is 7.41. The molecule has 0 spiro atoms. The smallest absolute Gasteiger partial charge is 0.305 e. The summed E-state index contributed by atoms with van der Waals surface area (Å²) < 4.78 is 31.8. The van der Waals surface area contributed by atoms with Gasteiger partial charge < -0.3 is 4.74 Å². The van der Waals surface area contributed by atoms with Crippen LogP contribution in [0.5, 0.6) is 0 Å². The van der Waals surface area contributed by atoms with Crippen molar-refractivity contribution < 1.29 is 17.9 Å². The van der Waals surface area contributed by atoms with Gasteiger partial charge in [0.05, 0.1) is 12.9 Å². The molecule has 1 fully saturated rings. The fraction of sp³-hybridized carbons (Fsp3) is 0.409. The number of piperazine rings is 1. The van der Waals surface area contributed by atoms with E-state index >= 15 is 0 Å². The molecule has 0 saturated carbocycles. The third-order valence-corrected chi connectivity index (χ3v) is 7.39. The van der Waals surface area contributed by atoms with E-state index in [1.165, 1.54) is 7.11 Å². The molecule has 0 bridgehead atoms. The molecule has 0 N–H and O–H groups in total. The van der Waals surface area contributed by atoms with Crippen LogP contribution in [0.4, 0.5) is 0 Å². The van der Waals surface area contributed by atoms with Crippen LogP contribution in [0.25, 0.3) is 0 Å². The molecule has 0 unspecified atom stereocenters. The topological polar surface area (TPSA) is 66.9 Å². The predicted octanol–water partition coefficient (Wildman–Crippen LogP) is 3.09. The Labute approximate surface area is 183 Å². The van der Waals surface area contributed by atoms with E-state index in [2.05, 4.69) is 4.90 Å². The van der Waals surface area contributed by atoms with Crippen LogP contribution in [-0.4, -0.2) is 56.9 Å². The van der Waals surface area contributed by atoms with Crippen molar-refractivity contribution >= 4 is 27.6 Å². The summed E-state index contributed by atoms with van der Waals surface area (Å²) in [7, 11) is -1.95. The van der Waals surface area contributed by atoms with Crippen LogP contribution < -0.4 is 0 Å². The van der Waals surface area contributed by atoms with Gasteiger partial charge >= 0.3 is 5.97 Å². The van der Waals surface area contributed by atoms with Crippen molar-refractivity contribution in [3.05, 3.63) is 70.2 Å². The number of carbonyl (C=O) groups is 1. The normalized spacial score (nSPS) is 15.8. The van der Waals surface area contributed by atoms with Crippen molar-refractivity contribution in [3.63, 3.8) is 0 Å². The van der Waals surface area contributed by atoms with Crippen molar-refractivity contribution in [2.75, 3.05) is 33.3 Å². The number of ether oxygens (including phenoxy) is 1. The van der Waals surface area contributed by atoms with E-state index in [1.807, 2.05) is 48.5 Å². The van der Waals surface area contributed by atoms with Crippen LogP contribution in [0.2, 0.25) is 5.02 Å². The van der Waals surface area contributed by atoms with E-state index in [0.717, 1.165) is 16.7 Å². The molecule has 3 rings (SSSR count). The minimum atomic E-state index is -3.33. The number of sulfonamides is 1.